The minimum absolute atomic E-state index is 0. The lowest BCUT2D eigenvalue weighted by Crippen LogP contribution is -2.52. The molecule has 1 heterocycles. The van der Waals surface area contributed by atoms with Crippen LogP contribution >= 0.6 is 24.8 Å². The normalized spacial score (nSPS) is 15.2. The number of nitrogens with one attached hydrogen (secondary N) is 1. The van der Waals surface area contributed by atoms with Crippen molar-refractivity contribution in [2.24, 2.45) is 11.5 Å². The van der Waals surface area contributed by atoms with Crippen molar-refractivity contribution in [1.29, 1.82) is 0 Å². The van der Waals surface area contributed by atoms with Crippen LogP contribution in [0.25, 0.3) is 0 Å². The SMILES string of the molecule is CCCCCCCCCCCCCCOCC(CNC(=O)C1CCCN1C(=O)[C@@H](N)CCCCN)OCCCCCCCCCCCCCC.Cl.Cl. The molecule has 0 spiro atoms. The third kappa shape index (κ3) is 29.7. The molecule has 0 aromatic rings. The van der Waals surface area contributed by atoms with E-state index in [4.69, 9.17) is 20.9 Å². The van der Waals surface area contributed by atoms with Crippen molar-refractivity contribution >= 4 is 36.6 Å². The molecule has 8 nitrogen and oxygen atoms in total. The Labute approximate surface area is 334 Å². The van der Waals surface area contributed by atoms with E-state index in [1.807, 2.05) is 0 Å². The van der Waals surface area contributed by atoms with Gasteiger partial charge >= 0.3 is 0 Å². The number of carbonyl (C=O) groups is 2. The van der Waals surface area contributed by atoms with Gasteiger partial charge < -0.3 is 31.2 Å². The summed E-state index contributed by atoms with van der Waals surface area (Å²) in [5.41, 5.74) is 11.8. The second-order valence-corrected chi connectivity index (χ2v) is 15.2. The zero-order valence-electron chi connectivity index (χ0n) is 34.0. The number of hydrogen-bond acceptors (Lipinski definition) is 6. The summed E-state index contributed by atoms with van der Waals surface area (Å²) >= 11 is 0. The molecule has 1 aliphatic rings. The fourth-order valence-electron chi connectivity index (χ4n) is 7.10. The Morgan fingerprint density at radius 3 is 1.62 bits per heavy atom. The second-order valence-electron chi connectivity index (χ2n) is 15.2. The van der Waals surface area contributed by atoms with Crippen LogP contribution in [0.5, 0.6) is 0 Å². The van der Waals surface area contributed by atoms with Crippen molar-refractivity contribution in [2.75, 3.05) is 39.5 Å². The van der Waals surface area contributed by atoms with Gasteiger partial charge in [-0.05, 0) is 45.1 Å². The zero-order valence-corrected chi connectivity index (χ0v) is 35.7. The Morgan fingerprint density at radius 2 is 1.13 bits per heavy atom. The van der Waals surface area contributed by atoms with Crippen molar-refractivity contribution in [3.63, 3.8) is 0 Å². The van der Waals surface area contributed by atoms with Crippen LogP contribution in [0, 0.1) is 0 Å². The molecule has 1 rings (SSSR count). The van der Waals surface area contributed by atoms with Gasteiger partial charge in [0.15, 0.2) is 0 Å². The molecule has 1 aliphatic heterocycles. The maximum Gasteiger partial charge on any atom is 0.242 e. The summed E-state index contributed by atoms with van der Waals surface area (Å²) in [6, 6.07) is -1.03. The summed E-state index contributed by atoms with van der Waals surface area (Å²) < 4.78 is 12.4. The minimum Gasteiger partial charge on any atom is -0.379 e. The number of nitrogens with two attached hydrogens (primary N) is 2. The van der Waals surface area contributed by atoms with Crippen LogP contribution in [-0.4, -0.2) is 74.4 Å². The molecule has 5 N–H and O–H groups in total. The number of nitrogens with zero attached hydrogens (tertiary/aromatic N) is 1. The van der Waals surface area contributed by atoms with E-state index in [2.05, 4.69) is 19.2 Å². The predicted molar refractivity (Wildman–Crippen MR) is 226 cm³/mol. The fraction of sp³-hybridized carbons (Fsp3) is 0.952. The van der Waals surface area contributed by atoms with Gasteiger partial charge in [-0.2, -0.15) is 0 Å². The summed E-state index contributed by atoms with van der Waals surface area (Å²) in [7, 11) is 0. The molecule has 2 amide bonds. The molecular weight excluding hydrogens is 695 g/mol. The van der Waals surface area contributed by atoms with Gasteiger partial charge in [-0.3, -0.25) is 9.59 Å². The van der Waals surface area contributed by atoms with E-state index in [1.165, 1.54) is 141 Å². The van der Waals surface area contributed by atoms with E-state index in [1.54, 1.807) is 4.90 Å². The summed E-state index contributed by atoms with van der Waals surface area (Å²) in [5.74, 6) is -0.227. The molecule has 0 bridgehead atoms. The number of carbonyl (C=O) groups excluding carboxylic acids is 2. The molecule has 312 valence electrons. The molecule has 1 saturated heterocycles. The molecule has 0 saturated carbocycles. The fourth-order valence-corrected chi connectivity index (χ4v) is 7.10. The standard InChI is InChI=1S/C42H84N4O4.2ClH/c1-3-5-7-9-11-13-15-17-19-21-23-27-34-49-37-38(50-35-28-24-22-20-18-16-14-12-10-8-6-4-2)36-45-41(47)40-31-29-33-46(40)42(48)39(44)30-25-26-32-43;;/h38-40H,3-37,43-44H2,1-2H3,(H,45,47);2*1H/t38?,39-,40?;;/m0../s1. The molecular formula is C42H86Cl2N4O4. The van der Waals surface area contributed by atoms with E-state index < -0.39 is 12.1 Å². The zero-order chi connectivity index (χ0) is 36.3. The van der Waals surface area contributed by atoms with Crippen LogP contribution in [0.1, 0.15) is 200 Å². The Bertz CT molecular complexity index is 782. The highest BCUT2D eigenvalue weighted by Gasteiger charge is 2.36. The lowest BCUT2D eigenvalue weighted by molar-refractivity contribution is -0.139. The van der Waals surface area contributed by atoms with E-state index >= 15 is 0 Å². The average Bonchev–Trinajstić information content (AvgIpc) is 3.62. The minimum atomic E-state index is -0.574. The number of ether oxygens (including phenoxy) is 2. The van der Waals surface area contributed by atoms with Gasteiger partial charge in [-0.1, -0.05) is 162 Å². The van der Waals surface area contributed by atoms with Gasteiger partial charge in [-0.25, -0.2) is 0 Å². The van der Waals surface area contributed by atoms with Crippen molar-refractivity contribution in [1.82, 2.24) is 10.2 Å². The van der Waals surface area contributed by atoms with Crippen LogP contribution in [0.3, 0.4) is 0 Å². The molecule has 10 heteroatoms. The molecule has 52 heavy (non-hydrogen) atoms. The van der Waals surface area contributed by atoms with Crippen molar-refractivity contribution in [3.05, 3.63) is 0 Å². The number of rotatable bonds is 37. The van der Waals surface area contributed by atoms with Crippen LogP contribution < -0.4 is 16.8 Å². The lowest BCUT2D eigenvalue weighted by Gasteiger charge is -2.27. The summed E-state index contributed by atoms with van der Waals surface area (Å²) in [4.78, 5) is 28.0. The van der Waals surface area contributed by atoms with Crippen LogP contribution in [0.4, 0.5) is 0 Å². The molecule has 0 radical (unpaired) electrons. The van der Waals surface area contributed by atoms with Crippen molar-refractivity contribution in [2.45, 2.75) is 218 Å². The van der Waals surface area contributed by atoms with Gasteiger partial charge in [0.25, 0.3) is 0 Å². The van der Waals surface area contributed by atoms with E-state index in [0.29, 0.717) is 45.7 Å². The first-order valence-corrected chi connectivity index (χ1v) is 21.8. The molecule has 0 aromatic carbocycles. The second kappa shape index (κ2) is 40.0. The van der Waals surface area contributed by atoms with Gasteiger partial charge in [-0.15, -0.1) is 24.8 Å². The third-order valence-corrected chi connectivity index (χ3v) is 10.4. The monoisotopic (exact) mass is 781 g/mol. The Balaban J connectivity index is 0. The number of amides is 2. The lowest BCUT2D eigenvalue weighted by atomic mass is 10.1. The predicted octanol–water partition coefficient (Wildman–Crippen LogP) is 10.2. The quantitative estimate of drug-likeness (QED) is 0.0540. The molecule has 0 aliphatic carbocycles. The summed E-state index contributed by atoms with van der Waals surface area (Å²) in [6.07, 6.45) is 35.3. The molecule has 3 atom stereocenters. The van der Waals surface area contributed by atoms with E-state index in [0.717, 1.165) is 38.7 Å². The first-order chi connectivity index (χ1) is 24.5. The highest BCUT2D eigenvalue weighted by Crippen LogP contribution is 2.20. The number of unbranched alkanes of at least 4 members (excludes halogenated alkanes) is 23. The Kier molecular flexibility index (Phi) is 41.2. The van der Waals surface area contributed by atoms with Crippen LogP contribution in [-0.2, 0) is 19.1 Å². The van der Waals surface area contributed by atoms with Crippen LogP contribution in [0.2, 0.25) is 0 Å². The maximum atomic E-state index is 13.3. The van der Waals surface area contributed by atoms with Crippen molar-refractivity contribution < 1.29 is 19.1 Å². The van der Waals surface area contributed by atoms with E-state index in [9.17, 15) is 9.59 Å². The Hall–Kier alpha value is -0.640. The summed E-state index contributed by atoms with van der Waals surface area (Å²) in [6.45, 7) is 8.04. The van der Waals surface area contributed by atoms with Gasteiger partial charge in [0.2, 0.25) is 11.8 Å². The first-order valence-electron chi connectivity index (χ1n) is 21.8. The highest BCUT2D eigenvalue weighted by molar-refractivity contribution is 5.90. The number of halogens is 2. The summed E-state index contributed by atoms with van der Waals surface area (Å²) in [5, 5.41) is 3.10. The average molecular weight is 782 g/mol. The molecule has 0 aromatic heterocycles. The number of hydrogen-bond donors (Lipinski definition) is 3. The smallest absolute Gasteiger partial charge is 0.242 e. The topological polar surface area (TPSA) is 120 Å². The van der Waals surface area contributed by atoms with Crippen molar-refractivity contribution in [3.8, 4) is 0 Å². The van der Waals surface area contributed by atoms with Gasteiger partial charge in [0.05, 0.1) is 18.8 Å². The highest BCUT2D eigenvalue weighted by atomic mass is 35.5. The molecule has 2 unspecified atom stereocenters. The number of likely N-dealkylation sites (tertiary alicyclic amines) is 1. The molecule has 1 fully saturated rings. The first kappa shape index (κ1) is 53.5. The van der Waals surface area contributed by atoms with Gasteiger partial charge in [0.1, 0.15) is 6.04 Å². The van der Waals surface area contributed by atoms with Gasteiger partial charge in [0, 0.05) is 26.3 Å². The van der Waals surface area contributed by atoms with Crippen LogP contribution in [0.15, 0.2) is 0 Å². The maximum absolute atomic E-state index is 13.3. The third-order valence-electron chi connectivity index (χ3n) is 10.4. The largest absolute Gasteiger partial charge is 0.379 e. The van der Waals surface area contributed by atoms with E-state index in [-0.39, 0.29) is 42.7 Å². The Morgan fingerprint density at radius 1 is 0.673 bits per heavy atom.